The number of rotatable bonds is 4. The van der Waals surface area contributed by atoms with Gasteiger partial charge in [-0.15, -0.1) is 0 Å². The predicted octanol–water partition coefficient (Wildman–Crippen LogP) is 3.55. The van der Waals surface area contributed by atoms with Crippen LogP contribution in [0.4, 0.5) is 5.82 Å². The van der Waals surface area contributed by atoms with E-state index in [4.69, 9.17) is 0 Å². The zero-order valence-corrected chi connectivity index (χ0v) is 16.7. The van der Waals surface area contributed by atoms with Crippen LogP contribution in [-0.4, -0.2) is 33.8 Å². The van der Waals surface area contributed by atoms with Gasteiger partial charge in [-0.3, -0.25) is 9.59 Å². The number of aryl methyl sites for hydroxylation is 1. The molecule has 1 N–H and O–H groups in total. The number of benzene rings is 1. The number of hydrogen-bond acceptors (Lipinski definition) is 5. The van der Waals surface area contributed by atoms with Crippen LogP contribution in [0.3, 0.4) is 0 Å². The summed E-state index contributed by atoms with van der Waals surface area (Å²) in [6.07, 6.45) is 3.38. The number of aromatic amines is 1. The van der Waals surface area contributed by atoms with Gasteiger partial charge in [0.1, 0.15) is 11.6 Å². The van der Waals surface area contributed by atoms with Crippen LogP contribution in [0, 0.1) is 19.8 Å². The summed E-state index contributed by atoms with van der Waals surface area (Å²) >= 11 is 0. The van der Waals surface area contributed by atoms with Crippen LogP contribution in [0.25, 0.3) is 11.4 Å². The van der Waals surface area contributed by atoms with Crippen LogP contribution >= 0.6 is 0 Å². The number of nitrogens with one attached hydrogen (secondary N) is 1. The number of piperidine rings is 1. The van der Waals surface area contributed by atoms with Crippen molar-refractivity contribution in [2.24, 2.45) is 5.92 Å². The molecule has 0 bridgehead atoms. The van der Waals surface area contributed by atoms with Gasteiger partial charge in [0.2, 0.25) is 0 Å². The second kappa shape index (κ2) is 7.99. The molecule has 148 valence electrons. The van der Waals surface area contributed by atoms with Crippen molar-refractivity contribution in [3.63, 3.8) is 0 Å². The van der Waals surface area contributed by atoms with Crippen LogP contribution in [0.5, 0.6) is 0 Å². The highest BCUT2D eigenvalue weighted by Gasteiger charge is 2.26. The maximum absolute atomic E-state index is 12.7. The molecular weight excluding hydrogens is 364 g/mol. The Balaban J connectivity index is 1.43. The van der Waals surface area contributed by atoms with Gasteiger partial charge in [0.25, 0.3) is 5.56 Å². The van der Waals surface area contributed by atoms with Crippen molar-refractivity contribution in [2.75, 3.05) is 18.0 Å². The summed E-state index contributed by atoms with van der Waals surface area (Å²) in [5.41, 5.74) is 2.80. The summed E-state index contributed by atoms with van der Waals surface area (Å²) in [6, 6.07) is 13.4. The third kappa shape index (κ3) is 3.97. The number of pyridine rings is 1. The van der Waals surface area contributed by atoms with Crippen molar-refractivity contribution in [2.45, 2.75) is 26.7 Å². The molecule has 6 heteroatoms. The van der Waals surface area contributed by atoms with Crippen LogP contribution in [-0.2, 0) is 0 Å². The number of H-pyrrole nitrogens is 1. The van der Waals surface area contributed by atoms with Gasteiger partial charge in [-0.05, 0) is 38.8 Å². The van der Waals surface area contributed by atoms with Gasteiger partial charge in [-0.2, -0.15) is 0 Å². The Morgan fingerprint density at radius 1 is 1.07 bits per heavy atom. The minimum absolute atomic E-state index is 0.0673. The molecule has 0 aliphatic carbocycles. The Hall–Kier alpha value is -3.28. The molecule has 3 heterocycles. The Morgan fingerprint density at radius 3 is 2.41 bits per heavy atom. The average Bonchev–Trinajstić information content (AvgIpc) is 2.77. The fraction of sp³-hybridized carbons (Fsp3) is 0.304. The Labute approximate surface area is 169 Å². The molecule has 29 heavy (non-hydrogen) atoms. The monoisotopic (exact) mass is 388 g/mol. The highest BCUT2D eigenvalue weighted by molar-refractivity contribution is 5.97. The van der Waals surface area contributed by atoms with E-state index in [2.05, 4.69) is 19.9 Å². The van der Waals surface area contributed by atoms with Crippen LogP contribution < -0.4 is 10.5 Å². The summed E-state index contributed by atoms with van der Waals surface area (Å²) in [5, 5.41) is 0. The molecule has 1 aromatic carbocycles. The molecular formula is C23H24N4O2. The Bertz CT molecular complexity index is 1070. The number of nitrogens with zero attached hydrogens (tertiary/aromatic N) is 3. The molecule has 1 saturated heterocycles. The van der Waals surface area contributed by atoms with E-state index < -0.39 is 0 Å². The summed E-state index contributed by atoms with van der Waals surface area (Å²) in [6.45, 7) is 5.19. The minimum atomic E-state index is -0.123. The quantitative estimate of drug-likeness (QED) is 0.692. The van der Waals surface area contributed by atoms with Crippen molar-refractivity contribution in [1.29, 1.82) is 0 Å². The van der Waals surface area contributed by atoms with E-state index in [-0.39, 0.29) is 17.3 Å². The van der Waals surface area contributed by atoms with Gasteiger partial charge in [0.15, 0.2) is 5.78 Å². The second-order valence-corrected chi connectivity index (χ2v) is 7.52. The van der Waals surface area contributed by atoms with Gasteiger partial charge in [0.05, 0.1) is 0 Å². The predicted molar refractivity (Wildman–Crippen MR) is 113 cm³/mol. The SMILES string of the molecule is Cc1nc(-c2ccc(N3CCC(C(=O)c4ccccc4)CC3)nc2)[nH]c(=O)c1C. The zero-order chi connectivity index (χ0) is 20.4. The van der Waals surface area contributed by atoms with Gasteiger partial charge in [-0.1, -0.05) is 30.3 Å². The van der Waals surface area contributed by atoms with Gasteiger partial charge >= 0.3 is 0 Å². The molecule has 1 fully saturated rings. The summed E-state index contributed by atoms with van der Waals surface area (Å²) in [7, 11) is 0. The minimum Gasteiger partial charge on any atom is -0.357 e. The van der Waals surface area contributed by atoms with E-state index >= 15 is 0 Å². The summed E-state index contributed by atoms with van der Waals surface area (Å²) in [4.78, 5) is 38.7. The third-order valence-corrected chi connectivity index (χ3v) is 5.66. The molecule has 0 spiro atoms. The maximum atomic E-state index is 12.7. The normalized spacial score (nSPS) is 14.8. The zero-order valence-electron chi connectivity index (χ0n) is 16.7. The molecule has 0 amide bonds. The fourth-order valence-corrected chi connectivity index (χ4v) is 3.70. The van der Waals surface area contributed by atoms with Crippen LogP contribution in [0.2, 0.25) is 0 Å². The topological polar surface area (TPSA) is 79.0 Å². The molecule has 0 saturated carbocycles. The lowest BCUT2D eigenvalue weighted by Gasteiger charge is -2.32. The van der Waals surface area contributed by atoms with Crippen molar-refractivity contribution >= 4 is 11.6 Å². The first-order valence-electron chi connectivity index (χ1n) is 9.91. The van der Waals surface area contributed by atoms with E-state index in [1.54, 1.807) is 13.1 Å². The highest BCUT2D eigenvalue weighted by Crippen LogP contribution is 2.25. The van der Waals surface area contributed by atoms with Gasteiger partial charge in [-0.25, -0.2) is 9.97 Å². The van der Waals surface area contributed by atoms with E-state index in [1.807, 2.05) is 49.4 Å². The molecule has 3 aromatic rings. The van der Waals surface area contributed by atoms with Crippen molar-refractivity contribution in [3.8, 4) is 11.4 Å². The smallest absolute Gasteiger partial charge is 0.254 e. The second-order valence-electron chi connectivity index (χ2n) is 7.52. The molecule has 0 unspecified atom stereocenters. The van der Waals surface area contributed by atoms with Crippen molar-refractivity contribution in [1.82, 2.24) is 15.0 Å². The molecule has 4 rings (SSSR count). The first-order chi connectivity index (χ1) is 14.0. The van der Waals surface area contributed by atoms with Crippen molar-refractivity contribution in [3.05, 3.63) is 75.8 Å². The fourth-order valence-electron chi connectivity index (χ4n) is 3.70. The highest BCUT2D eigenvalue weighted by atomic mass is 16.1. The lowest BCUT2D eigenvalue weighted by Crippen LogP contribution is -2.36. The standard InChI is InChI=1S/C23H24N4O2/c1-15-16(2)25-22(26-23(15)29)19-8-9-20(24-14-19)27-12-10-18(11-13-27)21(28)17-6-4-3-5-7-17/h3-9,14,18H,10-13H2,1-2H3,(H,25,26,29). The number of ketones is 1. The van der Waals surface area contributed by atoms with Crippen molar-refractivity contribution < 1.29 is 4.79 Å². The summed E-state index contributed by atoms with van der Waals surface area (Å²) < 4.78 is 0. The Morgan fingerprint density at radius 2 is 1.79 bits per heavy atom. The van der Waals surface area contributed by atoms with E-state index in [9.17, 15) is 9.59 Å². The largest absolute Gasteiger partial charge is 0.357 e. The van der Waals surface area contributed by atoms with Crippen LogP contribution in [0.15, 0.2) is 53.5 Å². The van der Waals surface area contributed by atoms with E-state index in [0.717, 1.165) is 48.6 Å². The number of carbonyl (C=O) groups excluding carboxylic acids is 1. The number of hydrogen-bond donors (Lipinski definition) is 1. The lowest BCUT2D eigenvalue weighted by molar-refractivity contribution is 0.0900. The first kappa shape index (κ1) is 19.1. The molecule has 6 nitrogen and oxygen atoms in total. The molecule has 0 radical (unpaired) electrons. The summed E-state index contributed by atoms with van der Waals surface area (Å²) in [5.74, 6) is 1.71. The lowest BCUT2D eigenvalue weighted by atomic mass is 9.89. The van der Waals surface area contributed by atoms with E-state index in [0.29, 0.717) is 11.4 Å². The number of carbonyl (C=O) groups is 1. The number of anilines is 1. The van der Waals surface area contributed by atoms with Gasteiger partial charge < -0.3 is 9.88 Å². The molecule has 1 aliphatic rings. The molecule has 2 aromatic heterocycles. The number of aromatic nitrogens is 3. The first-order valence-corrected chi connectivity index (χ1v) is 9.91. The molecule has 1 aliphatic heterocycles. The van der Waals surface area contributed by atoms with E-state index in [1.165, 1.54) is 0 Å². The Kier molecular flexibility index (Phi) is 5.25. The third-order valence-electron chi connectivity index (χ3n) is 5.66. The average molecular weight is 388 g/mol. The van der Waals surface area contributed by atoms with Gasteiger partial charge in [0, 0.05) is 47.6 Å². The number of Topliss-reactive ketones (excluding diaryl/α,β-unsaturated/α-hetero) is 1. The maximum Gasteiger partial charge on any atom is 0.254 e. The molecule has 0 atom stereocenters. The van der Waals surface area contributed by atoms with Crippen LogP contribution in [0.1, 0.15) is 34.5 Å².